The van der Waals surface area contributed by atoms with E-state index in [9.17, 15) is 8.42 Å². The van der Waals surface area contributed by atoms with Crippen LogP contribution in [0.1, 0.15) is 12.8 Å². The van der Waals surface area contributed by atoms with Gasteiger partial charge in [0.05, 0.1) is 4.90 Å². The molecule has 0 aliphatic carbocycles. The van der Waals surface area contributed by atoms with Crippen molar-refractivity contribution in [2.75, 3.05) is 40.4 Å². The summed E-state index contributed by atoms with van der Waals surface area (Å²) in [5.41, 5.74) is 0. The summed E-state index contributed by atoms with van der Waals surface area (Å²) in [5.74, 6) is 1.11. The predicted molar refractivity (Wildman–Crippen MR) is 90.1 cm³/mol. The lowest BCUT2D eigenvalue weighted by molar-refractivity contribution is 0.171. The molecule has 0 atom stereocenters. The van der Waals surface area contributed by atoms with E-state index in [0.717, 1.165) is 25.9 Å². The van der Waals surface area contributed by atoms with Gasteiger partial charge in [-0.15, -0.1) is 12.4 Å². The summed E-state index contributed by atoms with van der Waals surface area (Å²) < 4.78 is 38.1. The second kappa shape index (κ2) is 7.25. The monoisotopic (exact) mass is 362 g/mol. The van der Waals surface area contributed by atoms with Crippen molar-refractivity contribution >= 4 is 22.4 Å². The number of piperidine rings is 1. The zero-order valence-corrected chi connectivity index (χ0v) is 15.0. The Morgan fingerprint density at radius 3 is 2.39 bits per heavy atom. The van der Waals surface area contributed by atoms with Crippen LogP contribution in [0.5, 0.6) is 11.5 Å². The number of fused-ring (bicyclic) bond motifs is 1. The lowest BCUT2D eigenvalue weighted by Gasteiger charge is -2.34. The molecule has 23 heavy (non-hydrogen) atoms. The van der Waals surface area contributed by atoms with E-state index in [0.29, 0.717) is 24.7 Å². The average Bonchev–Trinajstić information content (AvgIpc) is 2.54. The van der Waals surface area contributed by atoms with Crippen LogP contribution in [0.15, 0.2) is 23.1 Å². The normalized spacial score (nSPS) is 19.4. The van der Waals surface area contributed by atoms with Crippen LogP contribution < -0.4 is 9.47 Å². The van der Waals surface area contributed by atoms with Crippen LogP contribution in [0.3, 0.4) is 0 Å². The molecular weight excluding hydrogens is 340 g/mol. The second-order valence-electron chi connectivity index (χ2n) is 5.86. The van der Waals surface area contributed by atoms with Crippen LogP contribution in [0.25, 0.3) is 0 Å². The fourth-order valence-corrected chi connectivity index (χ4v) is 4.34. The van der Waals surface area contributed by atoms with Crippen molar-refractivity contribution in [1.29, 1.82) is 0 Å². The van der Waals surface area contributed by atoms with E-state index in [2.05, 4.69) is 11.9 Å². The number of sulfonamides is 1. The lowest BCUT2D eigenvalue weighted by Crippen LogP contribution is -2.44. The molecule has 0 unspecified atom stereocenters. The predicted octanol–water partition coefficient (Wildman–Crippen LogP) is 1.59. The highest BCUT2D eigenvalue weighted by Crippen LogP contribution is 2.33. The zero-order valence-electron chi connectivity index (χ0n) is 13.4. The van der Waals surface area contributed by atoms with Gasteiger partial charge in [0.2, 0.25) is 10.0 Å². The minimum Gasteiger partial charge on any atom is -0.486 e. The molecule has 0 aromatic heterocycles. The van der Waals surface area contributed by atoms with Gasteiger partial charge in [-0.1, -0.05) is 0 Å². The van der Waals surface area contributed by atoms with E-state index in [1.807, 2.05) is 0 Å². The van der Waals surface area contributed by atoms with Crippen molar-refractivity contribution in [3.63, 3.8) is 0 Å². The maximum atomic E-state index is 12.8. The molecule has 0 amide bonds. The second-order valence-corrected chi connectivity index (χ2v) is 7.86. The SMILES string of the molecule is CN1CCC(N(C)S(=O)(=O)c2ccc3c(c2)OCCO3)CC1.Cl. The molecule has 0 saturated carbocycles. The van der Waals surface area contributed by atoms with Crippen LogP contribution >= 0.6 is 12.4 Å². The number of benzene rings is 1. The fraction of sp³-hybridized carbons (Fsp3) is 0.600. The highest BCUT2D eigenvalue weighted by Gasteiger charge is 2.31. The first-order valence-electron chi connectivity index (χ1n) is 7.55. The van der Waals surface area contributed by atoms with Crippen LogP contribution in [0.4, 0.5) is 0 Å². The Morgan fingerprint density at radius 2 is 1.74 bits per heavy atom. The van der Waals surface area contributed by atoms with Gasteiger partial charge in [-0.3, -0.25) is 0 Å². The first-order valence-corrected chi connectivity index (χ1v) is 8.99. The average molecular weight is 363 g/mol. The molecule has 6 nitrogen and oxygen atoms in total. The minimum atomic E-state index is -3.51. The maximum Gasteiger partial charge on any atom is 0.243 e. The van der Waals surface area contributed by atoms with Gasteiger partial charge in [0.25, 0.3) is 0 Å². The molecule has 1 aromatic rings. The number of ether oxygens (including phenoxy) is 2. The van der Waals surface area contributed by atoms with Crippen molar-refractivity contribution in [3.8, 4) is 11.5 Å². The maximum absolute atomic E-state index is 12.8. The van der Waals surface area contributed by atoms with E-state index in [1.54, 1.807) is 25.2 Å². The van der Waals surface area contributed by atoms with Crippen molar-refractivity contribution in [3.05, 3.63) is 18.2 Å². The minimum absolute atomic E-state index is 0. The van der Waals surface area contributed by atoms with E-state index in [-0.39, 0.29) is 23.3 Å². The van der Waals surface area contributed by atoms with Crippen molar-refractivity contribution < 1.29 is 17.9 Å². The summed E-state index contributed by atoms with van der Waals surface area (Å²) in [6, 6.07) is 4.88. The molecule has 1 fully saturated rings. The van der Waals surface area contributed by atoms with Crippen LogP contribution in [0.2, 0.25) is 0 Å². The summed E-state index contributed by atoms with van der Waals surface area (Å²) in [4.78, 5) is 2.49. The molecule has 0 N–H and O–H groups in total. The smallest absolute Gasteiger partial charge is 0.243 e. The van der Waals surface area contributed by atoms with Gasteiger partial charge in [0.15, 0.2) is 11.5 Å². The van der Waals surface area contributed by atoms with Crippen molar-refractivity contribution in [1.82, 2.24) is 9.21 Å². The third-order valence-corrected chi connectivity index (χ3v) is 6.30. The molecule has 2 aliphatic rings. The Kier molecular flexibility index (Phi) is 5.78. The van der Waals surface area contributed by atoms with Gasteiger partial charge in [-0.25, -0.2) is 8.42 Å². The molecule has 130 valence electrons. The number of likely N-dealkylation sites (tertiary alicyclic amines) is 1. The van der Waals surface area contributed by atoms with Gasteiger partial charge in [-0.05, 0) is 45.1 Å². The van der Waals surface area contributed by atoms with E-state index < -0.39 is 10.0 Å². The summed E-state index contributed by atoms with van der Waals surface area (Å²) in [6.07, 6.45) is 1.72. The van der Waals surface area contributed by atoms with E-state index >= 15 is 0 Å². The quantitative estimate of drug-likeness (QED) is 0.817. The molecule has 0 spiro atoms. The standard InChI is InChI=1S/C15H22N2O4S.ClH/c1-16-7-5-12(6-8-16)17(2)22(18,19)13-3-4-14-15(11-13)21-10-9-20-14;/h3-4,11-12H,5-10H2,1-2H3;1H. The Hall–Kier alpha value is -1.02. The molecule has 1 aromatic carbocycles. The first kappa shape index (κ1) is 18.3. The van der Waals surface area contributed by atoms with Crippen LogP contribution in [0, 0.1) is 0 Å². The van der Waals surface area contributed by atoms with Crippen LogP contribution in [-0.4, -0.2) is 64.1 Å². The third kappa shape index (κ3) is 3.74. The van der Waals surface area contributed by atoms with E-state index in [1.165, 1.54) is 4.31 Å². The number of hydrogen-bond donors (Lipinski definition) is 0. The molecule has 8 heteroatoms. The largest absolute Gasteiger partial charge is 0.486 e. The van der Waals surface area contributed by atoms with Gasteiger partial charge >= 0.3 is 0 Å². The van der Waals surface area contributed by atoms with Gasteiger partial charge in [0.1, 0.15) is 13.2 Å². The number of nitrogens with zero attached hydrogens (tertiary/aromatic N) is 2. The third-order valence-electron chi connectivity index (χ3n) is 4.39. The van der Waals surface area contributed by atoms with E-state index in [4.69, 9.17) is 9.47 Å². The molecule has 0 radical (unpaired) electrons. The molecule has 2 aliphatic heterocycles. The molecule has 2 heterocycles. The number of rotatable bonds is 3. The number of halogens is 1. The summed E-state index contributed by atoms with van der Waals surface area (Å²) in [5, 5.41) is 0. The van der Waals surface area contributed by atoms with Crippen LogP contribution in [-0.2, 0) is 10.0 Å². The Labute approximate surface area is 143 Å². The van der Waals surface area contributed by atoms with Crippen molar-refractivity contribution in [2.24, 2.45) is 0 Å². The van der Waals surface area contributed by atoms with Gasteiger partial charge in [-0.2, -0.15) is 4.31 Å². The Bertz CT molecular complexity index is 645. The topological polar surface area (TPSA) is 59.1 Å². The summed E-state index contributed by atoms with van der Waals surface area (Å²) >= 11 is 0. The number of hydrogen-bond acceptors (Lipinski definition) is 5. The molecule has 3 rings (SSSR count). The molecule has 1 saturated heterocycles. The Balaban J connectivity index is 0.00000192. The molecule has 0 bridgehead atoms. The highest BCUT2D eigenvalue weighted by atomic mass is 35.5. The Morgan fingerprint density at radius 1 is 1.13 bits per heavy atom. The van der Waals surface area contributed by atoms with Gasteiger partial charge in [0, 0.05) is 19.2 Å². The summed E-state index contributed by atoms with van der Waals surface area (Å²) in [7, 11) is 0.220. The zero-order chi connectivity index (χ0) is 15.7. The molecular formula is C15H23ClN2O4S. The highest BCUT2D eigenvalue weighted by molar-refractivity contribution is 7.89. The van der Waals surface area contributed by atoms with Crippen molar-refractivity contribution in [2.45, 2.75) is 23.8 Å². The first-order chi connectivity index (χ1) is 10.5. The lowest BCUT2D eigenvalue weighted by atomic mass is 10.1. The summed E-state index contributed by atoms with van der Waals surface area (Å²) in [6.45, 7) is 2.78. The van der Waals surface area contributed by atoms with Gasteiger partial charge < -0.3 is 14.4 Å². The fourth-order valence-electron chi connectivity index (χ4n) is 2.91.